The lowest BCUT2D eigenvalue weighted by Crippen LogP contribution is -2.41. The highest BCUT2D eigenvalue weighted by atomic mass is 16.3. The normalized spacial score (nSPS) is 14.4. The van der Waals surface area contributed by atoms with Gasteiger partial charge in [0.25, 0.3) is 0 Å². The van der Waals surface area contributed by atoms with Gasteiger partial charge >= 0.3 is 0 Å². The molecule has 0 radical (unpaired) electrons. The Hall–Kier alpha value is -0.860. The summed E-state index contributed by atoms with van der Waals surface area (Å²) in [7, 11) is 0. The van der Waals surface area contributed by atoms with Crippen LogP contribution in [0.5, 0.6) is 0 Å². The summed E-state index contributed by atoms with van der Waals surface area (Å²) in [6.45, 7) is 3.70. The molecule has 1 rings (SSSR count). The van der Waals surface area contributed by atoms with Crippen LogP contribution in [0, 0.1) is 0 Å². The number of benzene rings is 1. The molecule has 1 unspecified atom stereocenters. The van der Waals surface area contributed by atoms with Crippen molar-refractivity contribution < 1.29 is 5.11 Å². The van der Waals surface area contributed by atoms with Gasteiger partial charge < -0.3 is 11.3 Å². The average Bonchev–Trinajstić information content (AvgIpc) is 2.06. The molecule has 2 heteroatoms. The van der Waals surface area contributed by atoms with Gasteiger partial charge in [0.15, 0.2) is 0 Å². The number of hydrogen-bond acceptors (Lipinski definition) is 1. The van der Waals surface area contributed by atoms with Crippen molar-refractivity contribution in [2.75, 3.05) is 0 Å². The summed E-state index contributed by atoms with van der Waals surface area (Å²) in [5.41, 5.74) is 0.332. The van der Waals surface area contributed by atoms with Gasteiger partial charge in [-0.3, -0.25) is 0 Å². The lowest BCUT2D eigenvalue weighted by molar-refractivity contribution is -0.472. The average molecular weight is 181 g/mol. The summed E-state index contributed by atoms with van der Waals surface area (Å²) >= 11 is 0. The van der Waals surface area contributed by atoms with E-state index >= 15 is 0 Å². The van der Waals surface area contributed by atoms with Gasteiger partial charge in [-0.1, -0.05) is 50.6 Å². The summed E-state index contributed by atoms with van der Waals surface area (Å²) in [5, 5.41) is 11.6. The van der Waals surface area contributed by atoms with Crippen molar-refractivity contribution in [3.8, 4) is 0 Å². The SMILES string of the molecule is CCC(C)([O-])Cc1ccccc1.[NH4+]. The maximum absolute atomic E-state index is 11.6. The van der Waals surface area contributed by atoms with Crippen molar-refractivity contribution in [1.82, 2.24) is 6.15 Å². The van der Waals surface area contributed by atoms with Crippen LogP contribution in [0.25, 0.3) is 0 Å². The summed E-state index contributed by atoms with van der Waals surface area (Å²) in [5.74, 6) is 0. The van der Waals surface area contributed by atoms with Crippen molar-refractivity contribution in [3.63, 3.8) is 0 Å². The molecule has 0 spiro atoms. The third-order valence-corrected chi connectivity index (χ3v) is 2.17. The molecule has 0 aliphatic rings. The van der Waals surface area contributed by atoms with Crippen LogP contribution in [0.3, 0.4) is 0 Å². The molecule has 0 aromatic heterocycles. The number of rotatable bonds is 3. The van der Waals surface area contributed by atoms with Crippen LogP contribution in [-0.2, 0) is 6.42 Å². The first-order chi connectivity index (χ1) is 5.64. The fourth-order valence-corrected chi connectivity index (χ4v) is 1.15. The predicted octanol–water partition coefficient (Wildman–Crippen LogP) is 2.13. The first kappa shape index (κ1) is 12.1. The van der Waals surface area contributed by atoms with Crippen molar-refractivity contribution in [3.05, 3.63) is 35.9 Å². The molecule has 0 heterocycles. The molecule has 0 aliphatic carbocycles. The zero-order valence-electron chi connectivity index (χ0n) is 8.71. The minimum Gasteiger partial charge on any atom is -0.849 e. The summed E-state index contributed by atoms with van der Waals surface area (Å²) in [6.07, 6.45) is 1.31. The predicted molar refractivity (Wildman–Crippen MR) is 54.8 cm³/mol. The fraction of sp³-hybridized carbons (Fsp3) is 0.455. The van der Waals surface area contributed by atoms with Gasteiger partial charge in [0, 0.05) is 0 Å². The first-order valence-electron chi connectivity index (χ1n) is 4.38. The van der Waals surface area contributed by atoms with Crippen LogP contribution in [-0.4, -0.2) is 5.60 Å². The van der Waals surface area contributed by atoms with Crippen LogP contribution in [0.1, 0.15) is 25.8 Å². The van der Waals surface area contributed by atoms with Crippen LogP contribution in [0.15, 0.2) is 30.3 Å². The second kappa shape index (κ2) is 5.00. The largest absolute Gasteiger partial charge is 0.849 e. The second-order valence-corrected chi connectivity index (χ2v) is 3.47. The van der Waals surface area contributed by atoms with Gasteiger partial charge in [-0.05, 0) is 12.0 Å². The van der Waals surface area contributed by atoms with Crippen LogP contribution < -0.4 is 11.3 Å². The second-order valence-electron chi connectivity index (χ2n) is 3.47. The molecule has 1 aromatic rings. The Balaban J connectivity index is 0.00000144. The molecular weight excluding hydrogens is 162 g/mol. The van der Waals surface area contributed by atoms with Gasteiger partial charge in [-0.2, -0.15) is 0 Å². The van der Waals surface area contributed by atoms with E-state index in [9.17, 15) is 5.11 Å². The van der Waals surface area contributed by atoms with Gasteiger partial charge in [-0.15, -0.1) is 5.60 Å². The molecule has 74 valence electrons. The molecule has 0 aliphatic heterocycles. The lowest BCUT2D eigenvalue weighted by Gasteiger charge is -2.35. The molecule has 1 aromatic carbocycles. The Morgan fingerprint density at radius 2 is 1.77 bits per heavy atom. The van der Waals surface area contributed by atoms with Gasteiger partial charge in [0.1, 0.15) is 0 Å². The summed E-state index contributed by atoms with van der Waals surface area (Å²) in [4.78, 5) is 0. The lowest BCUT2D eigenvalue weighted by atomic mass is 9.94. The summed E-state index contributed by atoms with van der Waals surface area (Å²) in [6, 6.07) is 9.93. The molecule has 0 fully saturated rings. The fourth-order valence-electron chi connectivity index (χ4n) is 1.15. The van der Waals surface area contributed by atoms with Crippen LogP contribution in [0.4, 0.5) is 0 Å². The smallest absolute Gasteiger partial charge is 0.0378 e. The molecule has 0 saturated heterocycles. The zero-order valence-corrected chi connectivity index (χ0v) is 8.71. The highest BCUT2D eigenvalue weighted by Gasteiger charge is 2.06. The Kier molecular flexibility index (Phi) is 4.67. The van der Waals surface area contributed by atoms with Crippen LogP contribution in [0.2, 0.25) is 0 Å². The van der Waals surface area contributed by atoms with E-state index in [4.69, 9.17) is 0 Å². The van der Waals surface area contributed by atoms with Gasteiger partial charge in [0.2, 0.25) is 0 Å². The van der Waals surface area contributed by atoms with E-state index in [1.165, 1.54) is 0 Å². The number of quaternary nitrogens is 1. The van der Waals surface area contributed by atoms with Gasteiger partial charge in [0.05, 0.1) is 0 Å². The minimum absolute atomic E-state index is 0. The number of hydrogen-bond donors (Lipinski definition) is 1. The van der Waals surface area contributed by atoms with E-state index in [0.717, 1.165) is 5.56 Å². The topological polar surface area (TPSA) is 59.6 Å². The summed E-state index contributed by atoms with van der Waals surface area (Å²) < 4.78 is 0. The monoisotopic (exact) mass is 181 g/mol. The quantitative estimate of drug-likeness (QED) is 0.763. The van der Waals surface area contributed by atoms with Crippen LogP contribution >= 0.6 is 0 Å². The van der Waals surface area contributed by atoms with E-state index in [-0.39, 0.29) is 6.15 Å². The molecule has 4 N–H and O–H groups in total. The standard InChI is InChI=1S/C11H15O.H3N/c1-3-11(2,12)9-10-7-5-4-6-8-10;/h4-8H,3,9H2,1-2H3;1H3/q-1;/p+1. The Bertz CT molecular complexity index is 231. The molecule has 13 heavy (non-hydrogen) atoms. The van der Waals surface area contributed by atoms with Crippen molar-refractivity contribution in [2.24, 2.45) is 0 Å². The molecule has 0 bridgehead atoms. The van der Waals surface area contributed by atoms with Crippen molar-refractivity contribution >= 4 is 0 Å². The van der Waals surface area contributed by atoms with E-state index < -0.39 is 5.60 Å². The highest BCUT2D eigenvalue weighted by molar-refractivity contribution is 5.16. The third kappa shape index (κ3) is 4.06. The third-order valence-electron chi connectivity index (χ3n) is 2.17. The maximum Gasteiger partial charge on any atom is -0.0378 e. The van der Waals surface area contributed by atoms with Crippen molar-refractivity contribution in [2.45, 2.75) is 32.3 Å². The first-order valence-corrected chi connectivity index (χ1v) is 4.38. The van der Waals surface area contributed by atoms with Crippen molar-refractivity contribution in [1.29, 1.82) is 0 Å². The van der Waals surface area contributed by atoms with Gasteiger partial charge in [-0.25, -0.2) is 0 Å². The van der Waals surface area contributed by atoms with E-state index in [2.05, 4.69) is 0 Å². The molecule has 0 amide bonds. The Morgan fingerprint density at radius 3 is 2.23 bits per heavy atom. The molecular formula is C11H19NO. The highest BCUT2D eigenvalue weighted by Crippen LogP contribution is 2.12. The Morgan fingerprint density at radius 1 is 1.23 bits per heavy atom. The van der Waals surface area contributed by atoms with E-state index in [1.54, 1.807) is 6.92 Å². The van der Waals surface area contributed by atoms with E-state index in [0.29, 0.717) is 12.8 Å². The maximum atomic E-state index is 11.6. The van der Waals surface area contributed by atoms with E-state index in [1.807, 2.05) is 37.3 Å². The Labute approximate surface area is 80.2 Å². The minimum atomic E-state index is -0.804. The molecule has 2 nitrogen and oxygen atoms in total. The molecule has 0 saturated carbocycles. The zero-order chi connectivity index (χ0) is 9.03. The molecule has 1 atom stereocenters.